The van der Waals surface area contributed by atoms with Crippen LogP contribution in [0.4, 0.5) is 5.69 Å². The minimum Gasteiger partial charge on any atom is -0.380 e. The second kappa shape index (κ2) is 7.38. The van der Waals surface area contributed by atoms with E-state index in [0.717, 1.165) is 48.4 Å². The number of halogens is 1. The van der Waals surface area contributed by atoms with Crippen molar-refractivity contribution in [2.75, 3.05) is 45.1 Å². The minimum atomic E-state index is 0.399. The van der Waals surface area contributed by atoms with Crippen molar-refractivity contribution in [3.05, 3.63) is 33.9 Å². The molecule has 1 aromatic carbocycles. The number of benzene rings is 1. The van der Waals surface area contributed by atoms with Gasteiger partial charge in [-0.1, -0.05) is 15.9 Å². The number of nitrogens with zero attached hydrogens (tertiary/aromatic N) is 3. The summed E-state index contributed by atoms with van der Waals surface area (Å²) >= 11 is 3.59. The van der Waals surface area contributed by atoms with E-state index < -0.39 is 0 Å². The SMILES string of the molecule is Cc1nc2ccc(Br)cc2c(NC(C)CN2CCN(C)CC2)c1C. The molecule has 0 aliphatic carbocycles. The van der Waals surface area contributed by atoms with Gasteiger partial charge in [-0.05, 0) is 51.6 Å². The number of fused-ring (bicyclic) bond motifs is 1. The van der Waals surface area contributed by atoms with Gasteiger partial charge >= 0.3 is 0 Å². The van der Waals surface area contributed by atoms with E-state index in [1.807, 2.05) is 0 Å². The summed E-state index contributed by atoms with van der Waals surface area (Å²) in [5.41, 5.74) is 4.61. The van der Waals surface area contributed by atoms with Crippen molar-refractivity contribution >= 4 is 32.5 Å². The third-order valence-corrected chi connectivity index (χ3v) is 5.45. The molecular weight excluding hydrogens is 364 g/mol. The van der Waals surface area contributed by atoms with Crippen molar-refractivity contribution in [3.63, 3.8) is 0 Å². The fraction of sp³-hybridized carbons (Fsp3) is 0.526. The van der Waals surface area contributed by atoms with Gasteiger partial charge in [0, 0.05) is 60.0 Å². The van der Waals surface area contributed by atoms with E-state index in [9.17, 15) is 0 Å². The Morgan fingerprint density at radius 3 is 2.62 bits per heavy atom. The Balaban J connectivity index is 1.81. The van der Waals surface area contributed by atoms with Gasteiger partial charge in [0.2, 0.25) is 0 Å². The quantitative estimate of drug-likeness (QED) is 0.862. The molecule has 5 heteroatoms. The van der Waals surface area contributed by atoms with Crippen LogP contribution in [0.1, 0.15) is 18.2 Å². The predicted molar refractivity (Wildman–Crippen MR) is 106 cm³/mol. The number of piperazine rings is 1. The maximum atomic E-state index is 4.73. The number of rotatable bonds is 4. The molecule has 0 bridgehead atoms. The molecule has 0 amide bonds. The van der Waals surface area contributed by atoms with Gasteiger partial charge in [-0.25, -0.2) is 0 Å². The fourth-order valence-corrected chi connectivity index (χ4v) is 3.71. The molecule has 1 saturated heterocycles. The topological polar surface area (TPSA) is 31.4 Å². The predicted octanol–water partition coefficient (Wildman–Crippen LogP) is 3.66. The Hall–Kier alpha value is -1.17. The Labute approximate surface area is 153 Å². The summed E-state index contributed by atoms with van der Waals surface area (Å²) < 4.78 is 1.09. The maximum absolute atomic E-state index is 4.73. The monoisotopic (exact) mass is 390 g/mol. The molecular formula is C19H27BrN4. The molecule has 0 spiro atoms. The van der Waals surface area contributed by atoms with Gasteiger partial charge in [-0.3, -0.25) is 9.88 Å². The molecule has 1 N–H and O–H groups in total. The van der Waals surface area contributed by atoms with Crippen LogP contribution in [0.15, 0.2) is 22.7 Å². The molecule has 0 radical (unpaired) electrons. The van der Waals surface area contributed by atoms with Crippen molar-refractivity contribution in [3.8, 4) is 0 Å². The number of nitrogens with one attached hydrogen (secondary N) is 1. The highest BCUT2D eigenvalue weighted by Crippen LogP contribution is 2.30. The summed E-state index contributed by atoms with van der Waals surface area (Å²) in [4.78, 5) is 9.69. The molecule has 1 unspecified atom stereocenters. The molecule has 1 aromatic heterocycles. The summed E-state index contributed by atoms with van der Waals surface area (Å²) in [6.45, 7) is 12.2. The van der Waals surface area contributed by atoms with Gasteiger partial charge in [-0.15, -0.1) is 0 Å². The normalized spacial score (nSPS) is 18.0. The van der Waals surface area contributed by atoms with E-state index in [0.29, 0.717) is 6.04 Å². The number of hydrogen-bond acceptors (Lipinski definition) is 4. The third-order valence-electron chi connectivity index (χ3n) is 4.95. The Kier molecular flexibility index (Phi) is 5.42. The Morgan fingerprint density at radius 1 is 1.21 bits per heavy atom. The summed E-state index contributed by atoms with van der Waals surface area (Å²) in [5.74, 6) is 0. The lowest BCUT2D eigenvalue weighted by Gasteiger charge is -2.34. The van der Waals surface area contributed by atoms with Crippen LogP contribution in [0.25, 0.3) is 10.9 Å². The van der Waals surface area contributed by atoms with E-state index in [-0.39, 0.29) is 0 Å². The number of aromatic nitrogens is 1. The van der Waals surface area contributed by atoms with E-state index in [4.69, 9.17) is 4.98 Å². The molecule has 1 fully saturated rings. The zero-order valence-electron chi connectivity index (χ0n) is 15.1. The van der Waals surface area contributed by atoms with Gasteiger partial charge in [0.05, 0.1) is 5.52 Å². The standard InChI is InChI=1S/C19H27BrN4/c1-13(12-24-9-7-23(4)8-10-24)21-19-14(2)15(3)22-18-6-5-16(20)11-17(18)19/h5-6,11,13H,7-10,12H2,1-4H3,(H,21,22). The van der Waals surface area contributed by atoms with Gasteiger partial charge in [0.1, 0.15) is 0 Å². The first kappa shape index (κ1) is 17.6. The number of aryl methyl sites for hydroxylation is 1. The van der Waals surface area contributed by atoms with Crippen LogP contribution in [0.3, 0.4) is 0 Å². The lowest BCUT2D eigenvalue weighted by molar-refractivity contribution is 0.151. The maximum Gasteiger partial charge on any atom is 0.0726 e. The van der Waals surface area contributed by atoms with Crippen LogP contribution >= 0.6 is 15.9 Å². The first-order valence-corrected chi connectivity index (χ1v) is 9.47. The lowest BCUT2D eigenvalue weighted by Crippen LogP contribution is -2.47. The third kappa shape index (κ3) is 3.90. The van der Waals surface area contributed by atoms with E-state index in [1.54, 1.807) is 0 Å². The molecule has 1 aliphatic heterocycles. The number of hydrogen-bond donors (Lipinski definition) is 1. The molecule has 3 rings (SSSR count). The largest absolute Gasteiger partial charge is 0.380 e. The van der Waals surface area contributed by atoms with Crippen molar-refractivity contribution in [1.29, 1.82) is 0 Å². The van der Waals surface area contributed by atoms with Gasteiger partial charge < -0.3 is 10.2 Å². The molecule has 4 nitrogen and oxygen atoms in total. The summed E-state index contributed by atoms with van der Waals surface area (Å²) in [5, 5.41) is 4.96. The van der Waals surface area contributed by atoms with Crippen LogP contribution < -0.4 is 5.32 Å². The Morgan fingerprint density at radius 2 is 1.92 bits per heavy atom. The van der Waals surface area contributed by atoms with Crippen LogP contribution in [-0.2, 0) is 0 Å². The highest BCUT2D eigenvalue weighted by atomic mass is 79.9. The van der Waals surface area contributed by atoms with Crippen LogP contribution in [-0.4, -0.2) is 60.6 Å². The van der Waals surface area contributed by atoms with Crippen LogP contribution in [0, 0.1) is 13.8 Å². The van der Waals surface area contributed by atoms with Gasteiger partial charge in [0.25, 0.3) is 0 Å². The fourth-order valence-electron chi connectivity index (χ4n) is 3.35. The molecule has 2 heterocycles. The minimum absolute atomic E-state index is 0.399. The highest BCUT2D eigenvalue weighted by molar-refractivity contribution is 9.10. The number of pyridine rings is 1. The molecule has 0 saturated carbocycles. The van der Waals surface area contributed by atoms with E-state index >= 15 is 0 Å². The van der Waals surface area contributed by atoms with Crippen LogP contribution in [0.5, 0.6) is 0 Å². The molecule has 2 aromatic rings. The zero-order valence-corrected chi connectivity index (χ0v) is 16.7. The first-order chi connectivity index (χ1) is 11.4. The van der Waals surface area contributed by atoms with E-state index in [2.05, 4.69) is 77.1 Å². The molecule has 130 valence electrons. The van der Waals surface area contributed by atoms with Gasteiger partial charge in [0.15, 0.2) is 0 Å². The Bertz CT molecular complexity index is 723. The number of anilines is 1. The summed E-state index contributed by atoms with van der Waals surface area (Å²) in [6, 6.07) is 6.71. The van der Waals surface area contributed by atoms with Crippen LogP contribution in [0.2, 0.25) is 0 Å². The second-order valence-corrected chi connectivity index (χ2v) is 7.92. The second-order valence-electron chi connectivity index (χ2n) is 7.01. The average Bonchev–Trinajstić information content (AvgIpc) is 2.55. The number of likely N-dealkylation sites (N-methyl/N-ethyl adjacent to an activating group) is 1. The highest BCUT2D eigenvalue weighted by Gasteiger charge is 2.18. The summed E-state index contributed by atoms with van der Waals surface area (Å²) in [6.07, 6.45) is 0. The summed E-state index contributed by atoms with van der Waals surface area (Å²) in [7, 11) is 2.20. The first-order valence-electron chi connectivity index (χ1n) is 8.68. The van der Waals surface area contributed by atoms with E-state index in [1.165, 1.54) is 16.6 Å². The van der Waals surface area contributed by atoms with Crippen molar-refractivity contribution < 1.29 is 0 Å². The molecule has 1 atom stereocenters. The van der Waals surface area contributed by atoms with Gasteiger partial charge in [-0.2, -0.15) is 0 Å². The zero-order chi connectivity index (χ0) is 17.3. The van der Waals surface area contributed by atoms with Crippen molar-refractivity contribution in [1.82, 2.24) is 14.8 Å². The smallest absolute Gasteiger partial charge is 0.0726 e. The van der Waals surface area contributed by atoms with Crippen molar-refractivity contribution in [2.45, 2.75) is 26.8 Å². The molecule has 24 heavy (non-hydrogen) atoms. The van der Waals surface area contributed by atoms with Crippen molar-refractivity contribution in [2.24, 2.45) is 0 Å². The molecule has 1 aliphatic rings. The lowest BCUT2D eigenvalue weighted by atomic mass is 10.1. The average molecular weight is 391 g/mol.